The van der Waals surface area contributed by atoms with Crippen LogP contribution in [0.15, 0.2) is 23.1 Å². The summed E-state index contributed by atoms with van der Waals surface area (Å²) < 4.78 is 0. The molecule has 3 rings (SSSR count). The Morgan fingerprint density at radius 3 is 2.71 bits per heavy atom. The van der Waals surface area contributed by atoms with Gasteiger partial charge in [-0.3, -0.25) is 9.69 Å². The van der Waals surface area contributed by atoms with Gasteiger partial charge in [-0.2, -0.15) is 0 Å². The largest absolute Gasteiger partial charge is 0.337 e. The van der Waals surface area contributed by atoms with Gasteiger partial charge in [-0.15, -0.1) is 12.6 Å². The number of hydrogen-bond acceptors (Lipinski definition) is 3. The molecule has 1 unspecified atom stereocenters. The van der Waals surface area contributed by atoms with Crippen LogP contribution in [0.2, 0.25) is 5.02 Å². The molecule has 5 heteroatoms. The van der Waals surface area contributed by atoms with Gasteiger partial charge >= 0.3 is 0 Å². The van der Waals surface area contributed by atoms with E-state index in [1.165, 1.54) is 32.4 Å². The third-order valence-electron chi connectivity index (χ3n) is 4.54. The van der Waals surface area contributed by atoms with E-state index in [4.69, 9.17) is 11.6 Å². The predicted octanol–water partition coefficient (Wildman–Crippen LogP) is 3.33. The number of amides is 1. The molecule has 0 N–H and O–H groups in total. The topological polar surface area (TPSA) is 23.6 Å². The van der Waals surface area contributed by atoms with Crippen molar-refractivity contribution in [2.24, 2.45) is 0 Å². The Labute approximate surface area is 136 Å². The number of hydrogen-bond donors (Lipinski definition) is 1. The Balaban J connectivity index is 1.67. The molecule has 3 nitrogen and oxygen atoms in total. The Bertz CT molecular complexity index is 531. The standard InChI is InChI=1S/C16H21ClN2OS/c17-15-5-4-13(21)10-14(15)16(20)19-9-6-12(11-19)18-7-2-1-3-8-18/h4-5,10,12,21H,1-3,6-9,11H2. The highest BCUT2D eigenvalue weighted by molar-refractivity contribution is 7.80. The van der Waals surface area contributed by atoms with Gasteiger partial charge in [-0.05, 0) is 50.6 Å². The number of carbonyl (C=O) groups is 1. The first-order valence-corrected chi connectivity index (χ1v) is 8.49. The van der Waals surface area contributed by atoms with Crippen molar-refractivity contribution in [3.05, 3.63) is 28.8 Å². The first-order chi connectivity index (χ1) is 10.1. The average molecular weight is 325 g/mol. The second kappa shape index (κ2) is 6.59. The first-order valence-electron chi connectivity index (χ1n) is 7.67. The van der Waals surface area contributed by atoms with Gasteiger partial charge < -0.3 is 4.90 Å². The zero-order chi connectivity index (χ0) is 14.8. The van der Waals surface area contributed by atoms with Gasteiger partial charge in [0, 0.05) is 24.0 Å². The number of carbonyl (C=O) groups excluding carboxylic acids is 1. The van der Waals surface area contributed by atoms with Gasteiger partial charge in [0.15, 0.2) is 0 Å². The molecule has 2 saturated heterocycles. The Morgan fingerprint density at radius 1 is 1.19 bits per heavy atom. The number of likely N-dealkylation sites (tertiary alicyclic amines) is 2. The molecular formula is C16H21ClN2OS. The van der Waals surface area contributed by atoms with Gasteiger partial charge in [-0.25, -0.2) is 0 Å². The Hall–Kier alpha value is -0.710. The molecule has 2 aliphatic rings. The van der Waals surface area contributed by atoms with E-state index in [2.05, 4.69) is 17.5 Å². The van der Waals surface area contributed by atoms with Crippen LogP contribution in [0.3, 0.4) is 0 Å². The number of benzene rings is 1. The number of halogens is 1. The molecule has 2 heterocycles. The van der Waals surface area contributed by atoms with Crippen LogP contribution in [0.1, 0.15) is 36.0 Å². The number of rotatable bonds is 2. The van der Waals surface area contributed by atoms with Crippen LogP contribution in [0, 0.1) is 0 Å². The van der Waals surface area contributed by atoms with E-state index >= 15 is 0 Å². The van der Waals surface area contributed by atoms with Gasteiger partial charge in [0.1, 0.15) is 0 Å². The fraction of sp³-hybridized carbons (Fsp3) is 0.562. The zero-order valence-corrected chi connectivity index (χ0v) is 13.7. The molecule has 2 aliphatic heterocycles. The lowest BCUT2D eigenvalue weighted by atomic mass is 10.1. The Morgan fingerprint density at radius 2 is 1.95 bits per heavy atom. The fourth-order valence-electron chi connectivity index (χ4n) is 3.36. The van der Waals surface area contributed by atoms with Crippen molar-refractivity contribution < 1.29 is 4.79 Å². The molecule has 0 aliphatic carbocycles. The van der Waals surface area contributed by atoms with E-state index in [0.29, 0.717) is 16.6 Å². The monoisotopic (exact) mass is 324 g/mol. The van der Waals surface area contributed by atoms with Crippen molar-refractivity contribution >= 4 is 30.1 Å². The van der Waals surface area contributed by atoms with Crippen LogP contribution in [0.25, 0.3) is 0 Å². The van der Waals surface area contributed by atoms with E-state index in [0.717, 1.165) is 24.4 Å². The summed E-state index contributed by atoms with van der Waals surface area (Å²) in [5, 5.41) is 0.513. The average Bonchev–Trinajstić information content (AvgIpc) is 3.00. The van der Waals surface area contributed by atoms with Crippen LogP contribution in [-0.4, -0.2) is 47.9 Å². The van der Waals surface area contributed by atoms with E-state index in [1.54, 1.807) is 12.1 Å². The minimum Gasteiger partial charge on any atom is -0.337 e. The van der Waals surface area contributed by atoms with Gasteiger partial charge in [0.05, 0.1) is 10.6 Å². The summed E-state index contributed by atoms with van der Waals surface area (Å²) in [6.45, 7) is 4.01. The Kier molecular flexibility index (Phi) is 4.77. The van der Waals surface area contributed by atoms with Gasteiger partial charge in [0.2, 0.25) is 0 Å². The van der Waals surface area contributed by atoms with E-state index < -0.39 is 0 Å². The highest BCUT2D eigenvalue weighted by Crippen LogP contribution is 2.25. The number of thiol groups is 1. The third-order valence-corrected chi connectivity index (χ3v) is 5.15. The molecule has 1 aromatic carbocycles. The molecule has 114 valence electrons. The zero-order valence-electron chi connectivity index (χ0n) is 12.1. The smallest absolute Gasteiger partial charge is 0.255 e. The molecule has 1 amide bonds. The highest BCUT2D eigenvalue weighted by Gasteiger charge is 2.31. The van der Waals surface area contributed by atoms with Crippen LogP contribution in [-0.2, 0) is 0 Å². The molecule has 1 atom stereocenters. The minimum atomic E-state index is 0.0374. The lowest BCUT2D eigenvalue weighted by molar-refractivity contribution is 0.0771. The molecule has 0 saturated carbocycles. The van der Waals surface area contributed by atoms with Crippen molar-refractivity contribution in [2.45, 2.75) is 36.6 Å². The van der Waals surface area contributed by atoms with Crippen LogP contribution >= 0.6 is 24.2 Å². The summed E-state index contributed by atoms with van der Waals surface area (Å²) in [7, 11) is 0. The second-order valence-corrected chi connectivity index (χ2v) is 6.88. The molecule has 0 aromatic heterocycles. The van der Waals surface area contributed by atoms with E-state index in [1.807, 2.05) is 11.0 Å². The van der Waals surface area contributed by atoms with Crippen molar-refractivity contribution in [1.82, 2.24) is 9.80 Å². The quantitative estimate of drug-likeness (QED) is 0.844. The van der Waals surface area contributed by atoms with Crippen LogP contribution < -0.4 is 0 Å². The van der Waals surface area contributed by atoms with Crippen LogP contribution in [0.4, 0.5) is 0 Å². The van der Waals surface area contributed by atoms with Crippen molar-refractivity contribution in [1.29, 1.82) is 0 Å². The summed E-state index contributed by atoms with van der Waals surface area (Å²) >= 11 is 10.5. The number of nitrogens with zero attached hydrogens (tertiary/aromatic N) is 2. The number of piperidine rings is 1. The van der Waals surface area contributed by atoms with Crippen molar-refractivity contribution in [3.8, 4) is 0 Å². The molecule has 0 bridgehead atoms. The maximum absolute atomic E-state index is 12.6. The van der Waals surface area contributed by atoms with Gasteiger partial charge in [-0.1, -0.05) is 18.0 Å². The molecule has 2 fully saturated rings. The lowest BCUT2D eigenvalue weighted by Crippen LogP contribution is -2.41. The van der Waals surface area contributed by atoms with Crippen LogP contribution in [0.5, 0.6) is 0 Å². The maximum Gasteiger partial charge on any atom is 0.255 e. The fourth-order valence-corrected chi connectivity index (χ4v) is 3.76. The van der Waals surface area contributed by atoms with E-state index in [-0.39, 0.29) is 5.91 Å². The molecular weight excluding hydrogens is 304 g/mol. The summed E-state index contributed by atoms with van der Waals surface area (Å²) in [5.41, 5.74) is 0.573. The summed E-state index contributed by atoms with van der Waals surface area (Å²) in [6, 6.07) is 5.84. The summed E-state index contributed by atoms with van der Waals surface area (Å²) in [4.78, 5) is 17.9. The molecule has 0 spiro atoms. The van der Waals surface area contributed by atoms with E-state index in [9.17, 15) is 4.79 Å². The first kappa shape index (κ1) is 15.2. The molecule has 0 radical (unpaired) electrons. The van der Waals surface area contributed by atoms with Crippen molar-refractivity contribution in [2.75, 3.05) is 26.2 Å². The van der Waals surface area contributed by atoms with Gasteiger partial charge in [0.25, 0.3) is 5.91 Å². The summed E-state index contributed by atoms with van der Waals surface area (Å²) in [5.74, 6) is 0.0374. The summed E-state index contributed by atoms with van der Waals surface area (Å²) in [6.07, 6.45) is 5.00. The minimum absolute atomic E-state index is 0.0374. The maximum atomic E-state index is 12.6. The highest BCUT2D eigenvalue weighted by atomic mass is 35.5. The lowest BCUT2D eigenvalue weighted by Gasteiger charge is -2.32. The molecule has 1 aromatic rings. The van der Waals surface area contributed by atoms with Crippen molar-refractivity contribution in [3.63, 3.8) is 0 Å². The predicted molar refractivity (Wildman–Crippen MR) is 88.4 cm³/mol. The SMILES string of the molecule is O=C(c1cc(S)ccc1Cl)N1CCC(N2CCCCC2)C1. The normalized spacial score (nSPS) is 23.5. The second-order valence-electron chi connectivity index (χ2n) is 5.95. The third kappa shape index (κ3) is 3.38. The molecule has 21 heavy (non-hydrogen) atoms.